The number of thiazole rings is 1. The monoisotopic (exact) mass is 509 g/mol. The second kappa shape index (κ2) is 17.2. The molecular formula is C32H47NS2. The fourth-order valence-corrected chi connectivity index (χ4v) is 6.68. The van der Waals surface area contributed by atoms with Crippen molar-refractivity contribution in [2.24, 2.45) is 0 Å². The molecule has 0 radical (unpaired) electrons. The molecule has 1 heterocycles. The van der Waals surface area contributed by atoms with Gasteiger partial charge in [-0.3, -0.25) is 0 Å². The maximum absolute atomic E-state index is 4.92. The Hall–Kier alpha value is -1.32. The molecule has 2 aromatic carbocycles. The minimum Gasteiger partial charge on any atom is -0.236 e. The zero-order valence-corrected chi connectivity index (χ0v) is 24.0. The number of hydrogen-bond donors (Lipinski definition) is 0. The number of hydrogen-bond acceptors (Lipinski definition) is 3. The van der Waals surface area contributed by atoms with Crippen LogP contribution < -0.4 is 0 Å². The van der Waals surface area contributed by atoms with Crippen LogP contribution in [-0.4, -0.2) is 10.7 Å². The van der Waals surface area contributed by atoms with Crippen molar-refractivity contribution in [1.29, 1.82) is 0 Å². The number of thioether (sulfide) groups is 1. The van der Waals surface area contributed by atoms with Gasteiger partial charge in [-0.05, 0) is 48.8 Å². The lowest BCUT2D eigenvalue weighted by atomic mass is 10.0. The van der Waals surface area contributed by atoms with E-state index in [0.717, 1.165) is 10.5 Å². The van der Waals surface area contributed by atoms with Gasteiger partial charge in [-0.1, -0.05) is 122 Å². The van der Waals surface area contributed by atoms with Gasteiger partial charge in [0.05, 0.1) is 10.2 Å². The highest BCUT2D eigenvalue weighted by atomic mass is 32.2. The van der Waals surface area contributed by atoms with Crippen LogP contribution in [0.4, 0.5) is 0 Å². The van der Waals surface area contributed by atoms with Crippen LogP contribution in [0, 0.1) is 0 Å². The molecule has 0 amide bonds. The molecule has 35 heavy (non-hydrogen) atoms. The molecule has 0 N–H and O–H groups in total. The van der Waals surface area contributed by atoms with Crippen LogP contribution >= 0.6 is 23.1 Å². The van der Waals surface area contributed by atoms with Crippen molar-refractivity contribution >= 4 is 33.3 Å². The third-order valence-electron chi connectivity index (χ3n) is 6.90. The summed E-state index contributed by atoms with van der Waals surface area (Å²) in [6.45, 7) is 4.57. The predicted molar refractivity (Wildman–Crippen MR) is 160 cm³/mol. The van der Waals surface area contributed by atoms with Gasteiger partial charge in [0.25, 0.3) is 0 Å². The van der Waals surface area contributed by atoms with Crippen LogP contribution in [0.1, 0.15) is 116 Å². The van der Waals surface area contributed by atoms with E-state index in [1.165, 1.54) is 129 Å². The summed E-state index contributed by atoms with van der Waals surface area (Å²) < 4.78 is 1.31. The second-order valence-corrected chi connectivity index (χ2v) is 12.2. The van der Waals surface area contributed by atoms with E-state index in [4.69, 9.17) is 4.98 Å². The molecule has 0 bridgehead atoms. The average Bonchev–Trinajstić information content (AvgIpc) is 3.31. The zero-order chi connectivity index (χ0) is 24.6. The number of unbranched alkanes of at least 4 members (excludes halogenated alkanes) is 13. The number of fused-ring (bicyclic) bond motifs is 1. The van der Waals surface area contributed by atoms with Gasteiger partial charge in [-0.15, -0.1) is 23.1 Å². The fourth-order valence-electron chi connectivity index (χ4n) is 4.64. The minimum absolute atomic E-state index is 1.13. The van der Waals surface area contributed by atoms with Gasteiger partial charge in [-0.25, -0.2) is 4.98 Å². The largest absolute Gasteiger partial charge is 0.236 e. The molecule has 3 rings (SSSR count). The Balaban J connectivity index is 1.37. The van der Waals surface area contributed by atoms with E-state index in [0.29, 0.717) is 0 Å². The van der Waals surface area contributed by atoms with E-state index >= 15 is 0 Å². The summed E-state index contributed by atoms with van der Waals surface area (Å²) >= 11 is 3.84. The molecule has 0 aliphatic heterocycles. The SMILES string of the molecule is CCCCCCCCCCCCSc1ccc2nc(-c3ccc(CCCCCCC)cc3)sc2c1. The lowest BCUT2D eigenvalue weighted by molar-refractivity contribution is 0.563. The van der Waals surface area contributed by atoms with Crippen molar-refractivity contribution in [2.45, 2.75) is 121 Å². The van der Waals surface area contributed by atoms with Crippen molar-refractivity contribution in [3.63, 3.8) is 0 Å². The molecule has 0 saturated carbocycles. The highest BCUT2D eigenvalue weighted by molar-refractivity contribution is 7.99. The van der Waals surface area contributed by atoms with Crippen LogP contribution in [0.2, 0.25) is 0 Å². The number of benzene rings is 2. The van der Waals surface area contributed by atoms with E-state index < -0.39 is 0 Å². The highest BCUT2D eigenvalue weighted by Crippen LogP contribution is 2.33. The van der Waals surface area contributed by atoms with Crippen molar-refractivity contribution in [3.8, 4) is 10.6 Å². The van der Waals surface area contributed by atoms with Gasteiger partial charge in [0.1, 0.15) is 5.01 Å². The van der Waals surface area contributed by atoms with Crippen LogP contribution in [0.3, 0.4) is 0 Å². The smallest absolute Gasteiger partial charge is 0.124 e. The van der Waals surface area contributed by atoms with Crippen LogP contribution in [0.25, 0.3) is 20.8 Å². The summed E-state index contributed by atoms with van der Waals surface area (Å²) in [5.74, 6) is 1.23. The summed E-state index contributed by atoms with van der Waals surface area (Å²) in [6.07, 6.45) is 22.0. The molecule has 0 atom stereocenters. The molecule has 0 aliphatic rings. The van der Waals surface area contributed by atoms with Gasteiger partial charge in [0.15, 0.2) is 0 Å². The summed E-state index contributed by atoms with van der Waals surface area (Å²) in [5, 5.41) is 1.14. The van der Waals surface area contributed by atoms with E-state index in [-0.39, 0.29) is 0 Å². The molecule has 0 spiro atoms. The fraction of sp³-hybridized carbons (Fsp3) is 0.594. The first-order chi connectivity index (χ1) is 17.3. The summed E-state index contributed by atoms with van der Waals surface area (Å²) in [5.41, 5.74) is 3.84. The molecule has 0 unspecified atom stereocenters. The average molecular weight is 510 g/mol. The van der Waals surface area contributed by atoms with Gasteiger partial charge >= 0.3 is 0 Å². The summed E-state index contributed by atoms with van der Waals surface area (Å²) in [6, 6.07) is 15.9. The highest BCUT2D eigenvalue weighted by Gasteiger charge is 2.08. The minimum atomic E-state index is 1.13. The molecule has 0 saturated heterocycles. The Bertz CT molecular complexity index is 944. The lowest BCUT2D eigenvalue weighted by Crippen LogP contribution is -1.86. The summed E-state index contributed by atoms with van der Waals surface area (Å²) in [7, 11) is 0. The number of aryl methyl sites for hydroxylation is 1. The Morgan fingerprint density at radius 1 is 0.657 bits per heavy atom. The third kappa shape index (κ3) is 10.7. The first-order valence-electron chi connectivity index (χ1n) is 14.4. The molecular weight excluding hydrogens is 462 g/mol. The Labute approximate surface area is 223 Å². The molecule has 3 heteroatoms. The topological polar surface area (TPSA) is 12.9 Å². The summed E-state index contributed by atoms with van der Waals surface area (Å²) in [4.78, 5) is 6.31. The van der Waals surface area contributed by atoms with Crippen LogP contribution in [-0.2, 0) is 6.42 Å². The molecule has 1 nitrogen and oxygen atoms in total. The van der Waals surface area contributed by atoms with Crippen molar-refractivity contribution in [1.82, 2.24) is 4.98 Å². The number of aromatic nitrogens is 1. The number of nitrogens with zero attached hydrogens (tertiary/aromatic N) is 1. The lowest BCUT2D eigenvalue weighted by Gasteiger charge is -2.03. The predicted octanol–water partition coefficient (Wildman–Crippen LogP) is 11.5. The van der Waals surface area contributed by atoms with Gasteiger partial charge < -0.3 is 0 Å². The Morgan fingerprint density at radius 2 is 1.26 bits per heavy atom. The van der Waals surface area contributed by atoms with Gasteiger partial charge in [0, 0.05) is 10.5 Å². The van der Waals surface area contributed by atoms with E-state index in [1.807, 2.05) is 23.1 Å². The number of rotatable bonds is 19. The Kier molecular flexibility index (Phi) is 13.9. The molecule has 3 aromatic rings. The zero-order valence-electron chi connectivity index (χ0n) is 22.3. The molecule has 1 aromatic heterocycles. The van der Waals surface area contributed by atoms with Crippen molar-refractivity contribution in [2.75, 3.05) is 5.75 Å². The first-order valence-corrected chi connectivity index (χ1v) is 16.2. The Morgan fingerprint density at radius 3 is 1.91 bits per heavy atom. The van der Waals surface area contributed by atoms with Crippen molar-refractivity contribution in [3.05, 3.63) is 48.0 Å². The molecule has 0 aliphatic carbocycles. The molecule has 0 fully saturated rings. The van der Waals surface area contributed by atoms with Crippen LogP contribution in [0.5, 0.6) is 0 Å². The second-order valence-electron chi connectivity index (χ2n) is 10.0. The quantitative estimate of drug-likeness (QED) is 0.118. The van der Waals surface area contributed by atoms with E-state index in [9.17, 15) is 0 Å². The van der Waals surface area contributed by atoms with Gasteiger partial charge in [-0.2, -0.15) is 0 Å². The maximum atomic E-state index is 4.92. The van der Waals surface area contributed by atoms with Gasteiger partial charge in [0.2, 0.25) is 0 Å². The molecule has 192 valence electrons. The van der Waals surface area contributed by atoms with E-state index in [2.05, 4.69) is 56.3 Å². The van der Waals surface area contributed by atoms with Crippen molar-refractivity contribution < 1.29 is 0 Å². The maximum Gasteiger partial charge on any atom is 0.124 e. The first kappa shape index (κ1) is 28.3. The normalized spacial score (nSPS) is 11.5. The standard InChI is InChI=1S/C32H47NS2/c1-3-5-7-9-10-11-12-13-15-17-25-34-29-23-24-30-31(26-29)35-32(33-30)28-21-19-27(20-22-28)18-16-14-8-6-4-2/h19-24,26H,3-18,25H2,1-2H3. The van der Waals surface area contributed by atoms with E-state index in [1.54, 1.807) is 0 Å². The third-order valence-corrected chi connectivity index (χ3v) is 9.04. The van der Waals surface area contributed by atoms with Crippen LogP contribution in [0.15, 0.2) is 47.4 Å².